The van der Waals surface area contributed by atoms with Crippen molar-refractivity contribution in [3.05, 3.63) is 35.9 Å². The minimum atomic E-state index is -0.685. The maximum atomic E-state index is 12.4. The fourth-order valence-electron chi connectivity index (χ4n) is 2.25. The second-order valence-corrected chi connectivity index (χ2v) is 6.98. The maximum Gasteiger partial charge on any atom is 0.408 e. The first-order chi connectivity index (χ1) is 11.7. The first kappa shape index (κ1) is 21.1. The van der Waals surface area contributed by atoms with Crippen LogP contribution in [0.2, 0.25) is 0 Å². The highest BCUT2D eigenvalue weighted by Gasteiger charge is 2.25. The van der Waals surface area contributed by atoms with Crippen LogP contribution in [0.5, 0.6) is 0 Å². The third-order valence-electron chi connectivity index (χ3n) is 3.32. The number of Topliss-reactive ketones (excluding diaryl/α,β-unsaturated/α-hetero) is 1. The minimum Gasteiger partial charge on any atom is -0.444 e. The second-order valence-electron chi connectivity index (χ2n) is 6.98. The summed E-state index contributed by atoms with van der Waals surface area (Å²) < 4.78 is 10.5. The molecule has 0 spiro atoms. The number of nitrogens with one attached hydrogen (secondary N) is 1. The molecule has 1 aromatic carbocycles. The highest BCUT2D eigenvalue weighted by molar-refractivity contribution is 5.88. The third-order valence-corrected chi connectivity index (χ3v) is 3.32. The van der Waals surface area contributed by atoms with Gasteiger partial charge in [-0.25, -0.2) is 4.79 Å². The number of ether oxygens (including phenoxy) is 2. The van der Waals surface area contributed by atoms with Gasteiger partial charge in [-0.3, -0.25) is 9.69 Å². The van der Waals surface area contributed by atoms with Gasteiger partial charge in [0, 0.05) is 19.7 Å². The molecule has 0 aliphatic rings. The summed E-state index contributed by atoms with van der Waals surface area (Å²) in [6.07, 6.45) is -0.601. The van der Waals surface area contributed by atoms with E-state index in [0.717, 1.165) is 5.56 Å². The van der Waals surface area contributed by atoms with Crippen LogP contribution in [0.25, 0.3) is 0 Å². The molecule has 1 rings (SSSR count). The molecule has 1 amide bonds. The maximum absolute atomic E-state index is 12.4. The van der Waals surface area contributed by atoms with Crippen molar-refractivity contribution in [2.24, 2.45) is 0 Å². The summed E-state index contributed by atoms with van der Waals surface area (Å²) in [6, 6.07) is 9.26. The van der Waals surface area contributed by atoms with Crippen molar-refractivity contribution in [2.75, 3.05) is 26.8 Å². The molecule has 6 nitrogen and oxygen atoms in total. The molecule has 25 heavy (non-hydrogen) atoms. The van der Waals surface area contributed by atoms with Crippen LogP contribution in [0.4, 0.5) is 4.79 Å². The monoisotopic (exact) mass is 350 g/mol. The van der Waals surface area contributed by atoms with Gasteiger partial charge in [0.05, 0.1) is 0 Å². The molecule has 140 valence electrons. The van der Waals surface area contributed by atoms with Crippen molar-refractivity contribution in [2.45, 2.75) is 45.9 Å². The predicted octanol–water partition coefficient (Wildman–Crippen LogP) is 2.62. The van der Waals surface area contributed by atoms with Crippen LogP contribution in [0.1, 0.15) is 33.3 Å². The fourth-order valence-corrected chi connectivity index (χ4v) is 2.25. The molecule has 0 radical (unpaired) electrons. The lowest BCUT2D eigenvalue weighted by Crippen LogP contribution is -2.50. The summed E-state index contributed by atoms with van der Waals surface area (Å²) in [7, 11) is 1.91. The van der Waals surface area contributed by atoms with Crippen LogP contribution in [0.3, 0.4) is 0 Å². The van der Waals surface area contributed by atoms with Gasteiger partial charge in [0.1, 0.15) is 18.2 Å². The van der Waals surface area contributed by atoms with E-state index in [-0.39, 0.29) is 12.4 Å². The van der Waals surface area contributed by atoms with E-state index in [1.54, 1.807) is 20.8 Å². The number of carbonyl (C=O) groups is 2. The lowest BCUT2D eigenvalue weighted by atomic mass is 10.1. The average molecular weight is 350 g/mol. The molecule has 0 saturated carbocycles. The van der Waals surface area contributed by atoms with Crippen LogP contribution < -0.4 is 5.32 Å². The normalized spacial score (nSPS) is 12.7. The molecule has 1 unspecified atom stereocenters. The van der Waals surface area contributed by atoms with Gasteiger partial charge in [-0.1, -0.05) is 30.3 Å². The Bertz CT molecular complexity index is 540. The molecule has 0 aromatic heterocycles. The van der Waals surface area contributed by atoms with Crippen LogP contribution in [0.15, 0.2) is 30.3 Å². The summed E-state index contributed by atoms with van der Waals surface area (Å²) >= 11 is 0. The molecule has 0 aliphatic heterocycles. The molecular formula is C19H30N2O4. The summed E-state index contributed by atoms with van der Waals surface area (Å²) in [5, 5.41) is 2.67. The lowest BCUT2D eigenvalue weighted by molar-refractivity contribution is -0.126. The van der Waals surface area contributed by atoms with Crippen LogP contribution in [-0.4, -0.2) is 55.2 Å². The van der Waals surface area contributed by atoms with Gasteiger partial charge in [0.15, 0.2) is 5.78 Å². The number of amides is 1. The predicted molar refractivity (Wildman–Crippen MR) is 97.4 cm³/mol. The molecule has 0 aliphatic carbocycles. The van der Waals surface area contributed by atoms with Crippen LogP contribution in [-0.2, 0) is 20.8 Å². The number of carbonyl (C=O) groups excluding carboxylic acids is 2. The Kier molecular flexibility index (Phi) is 8.58. The number of hydrogen-bond acceptors (Lipinski definition) is 5. The van der Waals surface area contributed by atoms with Gasteiger partial charge in [-0.15, -0.1) is 0 Å². The SMILES string of the molecule is CCOCC(=O)C(CN(C)Cc1ccccc1)NC(=O)OC(C)(C)C. The van der Waals surface area contributed by atoms with E-state index >= 15 is 0 Å². The first-order valence-corrected chi connectivity index (χ1v) is 8.53. The summed E-state index contributed by atoms with van der Waals surface area (Å²) in [5.74, 6) is -0.173. The Labute approximate surface area is 150 Å². The smallest absolute Gasteiger partial charge is 0.408 e. The molecule has 0 saturated heterocycles. The zero-order chi connectivity index (χ0) is 18.9. The van der Waals surface area contributed by atoms with E-state index < -0.39 is 17.7 Å². The molecular weight excluding hydrogens is 320 g/mol. The second kappa shape index (κ2) is 10.2. The number of ketones is 1. The highest BCUT2D eigenvalue weighted by Crippen LogP contribution is 2.08. The topological polar surface area (TPSA) is 67.9 Å². The Hall–Kier alpha value is -1.92. The quantitative estimate of drug-likeness (QED) is 0.741. The third kappa shape index (κ3) is 9.22. The van der Waals surface area contributed by atoms with E-state index in [9.17, 15) is 9.59 Å². The molecule has 1 aromatic rings. The van der Waals surface area contributed by atoms with Crippen molar-refractivity contribution in [3.63, 3.8) is 0 Å². The number of nitrogens with zero attached hydrogens (tertiary/aromatic N) is 1. The van der Waals surface area contributed by atoms with Crippen molar-refractivity contribution in [1.29, 1.82) is 0 Å². The molecule has 0 heterocycles. The Morgan fingerprint density at radius 3 is 2.40 bits per heavy atom. The summed E-state index contributed by atoms with van der Waals surface area (Å²) in [4.78, 5) is 26.4. The van der Waals surface area contributed by atoms with E-state index in [4.69, 9.17) is 9.47 Å². The first-order valence-electron chi connectivity index (χ1n) is 8.53. The molecule has 1 N–H and O–H groups in total. The summed E-state index contributed by atoms with van der Waals surface area (Å²) in [5.41, 5.74) is 0.520. The standard InChI is InChI=1S/C19H30N2O4/c1-6-24-14-17(22)16(20-18(23)25-19(2,3)4)13-21(5)12-15-10-8-7-9-11-15/h7-11,16H,6,12-14H2,1-5H3,(H,20,23). The largest absolute Gasteiger partial charge is 0.444 e. The zero-order valence-corrected chi connectivity index (χ0v) is 15.9. The highest BCUT2D eigenvalue weighted by atomic mass is 16.6. The van der Waals surface area contributed by atoms with E-state index in [2.05, 4.69) is 5.32 Å². The average Bonchev–Trinajstić information content (AvgIpc) is 2.51. The Balaban J connectivity index is 2.69. The number of alkyl carbamates (subject to hydrolysis) is 1. The van der Waals surface area contributed by atoms with Crippen LogP contribution >= 0.6 is 0 Å². The number of benzene rings is 1. The lowest BCUT2D eigenvalue weighted by Gasteiger charge is -2.26. The molecule has 0 bridgehead atoms. The van der Waals surface area contributed by atoms with Crippen molar-refractivity contribution in [1.82, 2.24) is 10.2 Å². The Morgan fingerprint density at radius 1 is 1.20 bits per heavy atom. The van der Waals surface area contributed by atoms with Gasteiger partial charge in [-0.05, 0) is 40.3 Å². The molecule has 0 fully saturated rings. The van der Waals surface area contributed by atoms with Gasteiger partial charge in [0.25, 0.3) is 0 Å². The van der Waals surface area contributed by atoms with Gasteiger partial charge in [-0.2, -0.15) is 0 Å². The van der Waals surface area contributed by atoms with Gasteiger partial charge < -0.3 is 14.8 Å². The van der Waals surface area contributed by atoms with E-state index in [1.807, 2.05) is 49.2 Å². The number of rotatable bonds is 9. The van der Waals surface area contributed by atoms with E-state index in [0.29, 0.717) is 19.7 Å². The Morgan fingerprint density at radius 2 is 1.84 bits per heavy atom. The van der Waals surface area contributed by atoms with Crippen molar-refractivity contribution < 1.29 is 19.1 Å². The van der Waals surface area contributed by atoms with Crippen molar-refractivity contribution in [3.8, 4) is 0 Å². The number of likely N-dealkylation sites (N-methyl/N-ethyl adjacent to an activating group) is 1. The van der Waals surface area contributed by atoms with E-state index in [1.165, 1.54) is 0 Å². The minimum absolute atomic E-state index is 0.0316. The number of hydrogen-bond donors (Lipinski definition) is 1. The van der Waals surface area contributed by atoms with Crippen LogP contribution in [0, 0.1) is 0 Å². The van der Waals surface area contributed by atoms with Crippen molar-refractivity contribution >= 4 is 11.9 Å². The molecule has 6 heteroatoms. The fraction of sp³-hybridized carbons (Fsp3) is 0.579. The molecule has 1 atom stereocenters. The van der Waals surface area contributed by atoms with Gasteiger partial charge >= 0.3 is 6.09 Å². The summed E-state index contributed by atoms with van der Waals surface area (Å²) in [6.45, 7) is 8.64. The zero-order valence-electron chi connectivity index (χ0n) is 15.9. The van der Waals surface area contributed by atoms with Gasteiger partial charge in [0.2, 0.25) is 0 Å².